The van der Waals surface area contributed by atoms with Crippen molar-refractivity contribution in [3.63, 3.8) is 0 Å². The van der Waals surface area contributed by atoms with Crippen LogP contribution in [0.15, 0.2) is 35.4 Å². The van der Waals surface area contributed by atoms with E-state index in [1.54, 1.807) is 54.1 Å². The summed E-state index contributed by atoms with van der Waals surface area (Å²) in [6, 6.07) is 5.54. The minimum Gasteiger partial charge on any atom is -0.481 e. The van der Waals surface area contributed by atoms with Crippen LogP contribution in [0.4, 0.5) is 5.82 Å². The summed E-state index contributed by atoms with van der Waals surface area (Å²) in [6.45, 7) is 4.62. The second-order valence-corrected chi connectivity index (χ2v) is 9.36. The van der Waals surface area contributed by atoms with Crippen LogP contribution in [-0.2, 0) is 20.8 Å². The number of nitrogens with zero attached hydrogens (tertiary/aromatic N) is 6. The lowest BCUT2D eigenvalue weighted by molar-refractivity contribution is -0.133. The topological polar surface area (TPSA) is 112 Å². The number of fused-ring (bicyclic) bond motifs is 1. The van der Waals surface area contributed by atoms with E-state index in [-0.39, 0.29) is 29.9 Å². The highest BCUT2D eigenvalue weighted by atomic mass is 16.5. The zero-order chi connectivity index (χ0) is 27.1. The maximum atomic E-state index is 13.7. The maximum Gasteiger partial charge on any atom is 0.294 e. The first-order chi connectivity index (χ1) is 18.4. The average Bonchev–Trinajstić information content (AvgIpc) is 2.95. The number of carbonyl (C=O) groups excluding carboxylic acids is 1. The zero-order valence-corrected chi connectivity index (χ0v) is 22.6. The predicted molar refractivity (Wildman–Crippen MR) is 145 cm³/mol. The van der Waals surface area contributed by atoms with Crippen molar-refractivity contribution in [3.8, 4) is 17.0 Å². The molecule has 4 rings (SSSR count). The lowest BCUT2D eigenvalue weighted by Crippen LogP contribution is -2.47. The molecule has 0 N–H and O–H groups in total. The van der Waals surface area contributed by atoms with Crippen LogP contribution < -0.4 is 15.2 Å². The Bertz CT molecular complexity index is 1300. The molecule has 11 nitrogen and oxygen atoms in total. The van der Waals surface area contributed by atoms with Crippen LogP contribution in [0.25, 0.3) is 22.3 Å². The molecular formula is C27H36N6O5. The molecule has 1 saturated heterocycles. The molecule has 38 heavy (non-hydrogen) atoms. The van der Waals surface area contributed by atoms with E-state index in [2.05, 4.69) is 15.0 Å². The Morgan fingerprint density at radius 3 is 2.68 bits per heavy atom. The summed E-state index contributed by atoms with van der Waals surface area (Å²) in [4.78, 5) is 43.5. The first-order valence-electron chi connectivity index (χ1n) is 13.0. The number of aromatic nitrogens is 4. The van der Waals surface area contributed by atoms with Gasteiger partial charge in [-0.15, -0.1) is 0 Å². The molecule has 0 radical (unpaired) electrons. The summed E-state index contributed by atoms with van der Waals surface area (Å²) in [5.41, 5.74) is 2.34. The van der Waals surface area contributed by atoms with Crippen molar-refractivity contribution in [2.45, 2.75) is 38.8 Å². The van der Waals surface area contributed by atoms with Crippen LogP contribution in [0.1, 0.15) is 26.2 Å². The summed E-state index contributed by atoms with van der Waals surface area (Å²) in [6.07, 6.45) is 6.16. The molecular weight excluding hydrogens is 488 g/mol. The lowest BCUT2D eigenvalue weighted by Gasteiger charge is -2.33. The number of carbonyl (C=O) groups is 1. The molecule has 0 spiro atoms. The number of anilines is 1. The highest BCUT2D eigenvalue weighted by molar-refractivity contribution is 5.82. The van der Waals surface area contributed by atoms with Crippen LogP contribution in [0, 0.1) is 0 Å². The molecule has 4 heterocycles. The molecule has 0 aliphatic carbocycles. The number of hydrogen-bond donors (Lipinski definition) is 0. The third-order valence-corrected chi connectivity index (χ3v) is 6.67. The molecule has 1 aliphatic heterocycles. The molecule has 1 atom stereocenters. The van der Waals surface area contributed by atoms with E-state index in [0.29, 0.717) is 49.9 Å². The van der Waals surface area contributed by atoms with Crippen LogP contribution >= 0.6 is 0 Å². The van der Waals surface area contributed by atoms with E-state index in [1.807, 2.05) is 19.1 Å². The number of hydrogen-bond acceptors (Lipinski definition) is 9. The van der Waals surface area contributed by atoms with Gasteiger partial charge in [0.15, 0.2) is 11.5 Å². The van der Waals surface area contributed by atoms with Crippen LogP contribution in [-0.4, -0.2) is 90.5 Å². The standard InChI is InChI=1S/C27H36N6O5/c1-5-12-38-13-11-33-22-14-20(19-8-9-23(37-4)28-15-19)16-29-25(22)30-26(27(33)35)31(2)18-24(34)32-10-6-7-21(17-32)36-3/h8-9,14-16,21H,5-7,10-13,17-18H2,1-4H3/t21-/m1/s1. The summed E-state index contributed by atoms with van der Waals surface area (Å²) in [7, 11) is 4.94. The zero-order valence-electron chi connectivity index (χ0n) is 22.6. The van der Waals surface area contributed by atoms with Gasteiger partial charge in [-0.25, -0.2) is 15.0 Å². The van der Waals surface area contributed by atoms with Crippen LogP contribution in [0.2, 0.25) is 0 Å². The monoisotopic (exact) mass is 524 g/mol. The smallest absolute Gasteiger partial charge is 0.294 e. The van der Waals surface area contributed by atoms with Gasteiger partial charge >= 0.3 is 0 Å². The fraction of sp³-hybridized carbons (Fsp3) is 0.519. The number of ether oxygens (including phenoxy) is 3. The number of piperidine rings is 1. The maximum absolute atomic E-state index is 13.7. The summed E-state index contributed by atoms with van der Waals surface area (Å²) in [5, 5.41) is 0. The van der Waals surface area contributed by atoms with Gasteiger partial charge in [-0.3, -0.25) is 14.2 Å². The van der Waals surface area contributed by atoms with Crippen LogP contribution in [0.3, 0.4) is 0 Å². The van der Waals surface area contributed by atoms with E-state index in [1.165, 1.54) is 0 Å². The summed E-state index contributed by atoms with van der Waals surface area (Å²) in [5.74, 6) is 0.621. The van der Waals surface area contributed by atoms with Crippen molar-refractivity contribution < 1.29 is 19.0 Å². The van der Waals surface area contributed by atoms with Gasteiger partial charge in [-0.2, -0.15) is 0 Å². The van der Waals surface area contributed by atoms with Gasteiger partial charge in [0.2, 0.25) is 11.8 Å². The molecule has 0 bridgehead atoms. The number of methoxy groups -OCH3 is 2. The third kappa shape index (κ3) is 6.28. The lowest BCUT2D eigenvalue weighted by atomic mass is 10.1. The van der Waals surface area contributed by atoms with Gasteiger partial charge in [-0.1, -0.05) is 6.92 Å². The Hall–Kier alpha value is -3.57. The Morgan fingerprint density at radius 2 is 1.97 bits per heavy atom. The number of amides is 1. The van der Waals surface area contributed by atoms with Gasteiger partial charge in [0, 0.05) is 70.0 Å². The molecule has 1 aliphatic rings. The fourth-order valence-corrected chi connectivity index (χ4v) is 4.55. The third-order valence-electron chi connectivity index (χ3n) is 6.67. The normalized spacial score (nSPS) is 15.6. The highest BCUT2D eigenvalue weighted by Crippen LogP contribution is 2.23. The number of likely N-dealkylation sites (tertiary alicyclic amines) is 1. The van der Waals surface area contributed by atoms with Gasteiger partial charge < -0.3 is 24.0 Å². The highest BCUT2D eigenvalue weighted by Gasteiger charge is 2.25. The SMILES string of the molecule is CCCOCCn1c(=O)c(N(C)CC(=O)N2CCC[C@@H](OC)C2)nc2ncc(-c3ccc(OC)nc3)cc21. The molecule has 3 aromatic heterocycles. The fourth-order valence-electron chi connectivity index (χ4n) is 4.55. The van der Waals surface area contributed by atoms with E-state index in [0.717, 1.165) is 30.4 Å². The summed E-state index contributed by atoms with van der Waals surface area (Å²) >= 11 is 0. The molecule has 0 unspecified atom stereocenters. The van der Waals surface area contributed by atoms with Crippen LogP contribution in [0.5, 0.6) is 5.88 Å². The van der Waals surface area contributed by atoms with Crippen molar-refractivity contribution in [2.75, 3.05) is 59.0 Å². The largest absolute Gasteiger partial charge is 0.481 e. The van der Waals surface area contributed by atoms with Gasteiger partial charge in [-0.05, 0) is 31.4 Å². The van der Waals surface area contributed by atoms with Crippen molar-refractivity contribution in [1.82, 2.24) is 24.4 Å². The quantitative estimate of drug-likeness (QED) is 0.349. The summed E-state index contributed by atoms with van der Waals surface area (Å²) < 4.78 is 17.9. The second kappa shape index (κ2) is 12.8. The molecule has 0 saturated carbocycles. The Balaban J connectivity index is 1.65. The molecule has 11 heteroatoms. The van der Waals surface area contributed by atoms with Crippen molar-refractivity contribution in [2.24, 2.45) is 0 Å². The van der Waals surface area contributed by atoms with E-state index in [9.17, 15) is 9.59 Å². The van der Waals surface area contributed by atoms with Crippen molar-refractivity contribution in [3.05, 3.63) is 40.9 Å². The average molecular weight is 525 g/mol. The van der Waals surface area contributed by atoms with Gasteiger partial charge in [0.1, 0.15) is 0 Å². The van der Waals surface area contributed by atoms with Crippen molar-refractivity contribution in [1.29, 1.82) is 0 Å². The first kappa shape index (κ1) is 27.5. The molecule has 3 aromatic rings. The first-order valence-corrected chi connectivity index (χ1v) is 13.0. The second-order valence-electron chi connectivity index (χ2n) is 9.36. The molecule has 1 fully saturated rings. The molecule has 1 amide bonds. The van der Waals surface area contributed by atoms with Crippen molar-refractivity contribution >= 4 is 22.9 Å². The molecule has 0 aromatic carbocycles. The van der Waals surface area contributed by atoms with E-state index >= 15 is 0 Å². The minimum atomic E-state index is -0.298. The van der Waals surface area contributed by atoms with Gasteiger partial charge in [0.05, 0.1) is 31.9 Å². The Labute approximate surface area is 222 Å². The van der Waals surface area contributed by atoms with E-state index in [4.69, 9.17) is 14.2 Å². The van der Waals surface area contributed by atoms with E-state index < -0.39 is 0 Å². The minimum absolute atomic E-state index is 0.0338. The predicted octanol–water partition coefficient (Wildman–Crippen LogP) is 2.36. The molecule has 204 valence electrons. The Morgan fingerprint density at radius 1 is 1.16 bits per heavy atom. The Kier molecular flexibility index (Phi) is 9.24. The van der Waals surface area contributed by atoms with Gasteiger partial charge in [0.25, 0.3) is 5.56 Å². The number of rotatable bonds is 11. The number of pyridine rings is 2. The number of likely N-dealkylation sites (N-methyl/N-ethyl adjacent to an activating group) is 1.